The first-order valence-corrected chi connectivity index (χ1v) is 8.62. The lowest BCUT2D eigenvalue weighted by atomic mass is 10.00. The van der Waals surface area contributed by atoms with Gasteiger partial charge in [-0.15, -0.1) is 10.2 Å². The van der Waals surface area contributed by atoms with Crippen molar-refractivity contribution in [2.45, 2.75) is 19.5 Å². The average Bonchev–Trinajstić information content (AvgIpc) is 2.72. The quantitative estimate of drug-likeness (QED) is 0.786. The van der Waals surface area contributed by atoms with E-state index < -0.39 is 0 Å². The number of anilines is 1. The number of fused-ring (bicyclic) bond motifs is 1. The molecular weight excluding hydrogens is 326 g/mol. The summed E-state index contributed by atoms with van der Waals surface area (Å²) in [7, 11) is 0. The number of nitrogens with zero attached hydrogens (tertiary/aromatic N) is 4. The second kappa shape index (κ2) is 7.31. The maximum absolute atomic E-state index is 12.2. The van der Waals surface area contributed by atoms with Gasteiger partial charge >= 0.3 is 0 Å². The van der Waals surface area contributed by atoms with E-state index in [0.717, 1.165) is 30.9 Å². The Bertz CT molecular complexity index is 896. The number of carbonyl (C=O) groups excluding carboxylic acids is 1. The molecular formula is C20H19N5O. The van der Waals surface area contributed by atoms with Crippen LogP contribution in [0.4, 0.5) is 5.82 Å². The van der Waals surface area contributed by atoms with E-state index in [1.165, 1.54) is 11.1 Å². The van der Waals surface area contributed by atoms with Gasteiger partial charge in [0.2, 0.25) is 0 Å². The Morgan fingerprint density at radius 2 is 1.92 bits per heavy atom. The summed E-state index contributed by atoms with van der Waals surface area (Å²) in [5.41, 5.74) is 3.97. The molecule has 0 radical (unpaired) electrons. The van der Waals surface area contributed by atoms with Crippen LogP contribution in [0.5, 0.6) is 0 Å². The van der Waals surface area contributed by atoms with Gasteiger partial charge in [0, 0.05) is 32.0 Å². The first-order valence-electron chi connectivity index (χ1n) is 8.62. The summed E-state index contributed by atoms with van der Waals surface area (Å²) >= 11 is 0. The molecule has 1 aliphatic rings. The number of hydrogen-bond acceptors (Lipinski definition) is 5. The smallest absolute Gasteiger partial charge is 0.272 e. The maximum Gasteiger partial charge on any atom is 0.272 e. The van der Waals surface area contributed by atoms with Gasteiger partial charge in [0.25, 0.3) is 5.91 Å². The third-order valence-corrected chi connectivity index (χ3v) is 4.51. The molecule has 0 spiro atoms. The number of pyridine rings is 1. The van der Waals surface area contributed by atoms with Crippen LogP contribution in [0.2, 0.25) is 0 Å². The van der Waals surface area contributed by atoms with Crippen LogP contribution in [0.15, 0.2) is 60.9 Å². The topological polar surface area (TPSA) is 71.0 Å². The Balaban J connectivity index is 1.40. The predicted molar refractivity (Wildman–Crippen MR) is 98.6 cm³/mol. The highest BCUT2D eigenvalue weighted by Gasteiger charge is 2.18. The van der Waals surface area contributed by atoms with Crippen molar-refractivity contribution in [2.75, 3.05) is 11.4 Å². The summed E-state index contributed by atoms with van der Waals surface area (Å²) in [6.07, 6.45) is 4.42. The fourth-order valence-corrected chi connectivity index (χ4v) is 3.08. The highest BCUT2D eigenvalue weighted by Crippen LogP contribution is 2.22. The number of hydrogen-bond donors (Lipinski definition) is 1. The molecule has 26 heavy (non-hydrogen) atoms. The lowest BCUT2D eigenvalue weighted by molar-refractivity contribution is 0.0945. The molecule has 0 bridgehead atoms. The number of carbonyl (C=O) groups is 1. The standard InChI is InChI=1S/C20H19N5O/c26-20(22-13-15-4-3-10-21-12-15)18-7-8-19(24-23-18)25-11-9-16-5-1-2-6-17(16)14-25/h1-8,10,12H,9,11,13-14H2,(H,22,26). The van der Waals surface area contributed by atoms with Crippen molar-refractivity contribution in [3.05, 3.63) is 83.3 Å². The van der Waals surface area contributed by atoms with Gasteiger partial charge in [0.15, 0.2) is 11.5 Å². The molecule has 1 N–H and O–H groups in total. The molecule has 0 saturated heterocycles. The second-order valence-corrected chi connectivity index (χ2v) is 6.26. The summed E-state index contributed by atoms with van der Waals surface area (Å²) in [4.78, 5) is 18.4. The minimum Gasteiger partial charge on any atom is -0.350 e. The Kier molecular flexibility index (Phi) is 4.55. The number of nitrogens with one attached hydrogen (secondary N) is 1. The van der Waals surface area contributed by atoms with Gasteiger partial charge in [-0.2, -0.15) is 0 Å². The Morgan fingerprint density at radius 1 is 1.04 bits per heavy atom. The summed E-state index contributed by atoms with van der Waals surface area (Å²) in [5, 5.41) is 11.2. The lowest BCUT2D eigenvalue weighted by Gasteiger charge is -2.29. The minimum absolute atomic E-state index is 0.239. The third-order valence-electron chi connectivity index (χ3n) is 4.51. The van der Waals surface area contributed by atoms with Crippen molar-refractivity contribution in [3.8, 4) is 0 Å². The monoisotopic (exact) mass is 345 g/mol. The first kappa shape index (κ1) is 16.2. The highest BCUT2D eigenvalue weighted by molar-refractivity contribution is 5.92. The van der Waals surface area contributed by atoms with Crippen LogP contribution in [-0.4, -0.2) is 27.6 Å². The summed E-state index contributed by atoms with van der Waals surface area (Å²) in [5.74, 6) is 0.556. The number of aromatic nitrogens is 3. The number of rotatable bonds is 4. The van der Waals surface area contributed by atoms with Crippen molar-refractivity contribution in [3.63, 3.8) is 0 Å². The van der Waals surface area contributed by atoms with E-state index in [1.54, 1.807) is 18.5 Å². The molecule has 1 aliphatic heterocycles. The normalized spacial score (nSPS) is 13.2. The Hall–Kier alpha value is -3.28. The van der Waals surface area contributed by atoms with Crippen molar-refractivity contribution < 1.29 is 4.79 Å². The van der Waals surface area contributed by atoms with E-state index in [4.69, 9.17) is 0 Å². The zero-order valence-corrected chi connectivity index (χ0v) is 14.3. The van der Waals surface area contributed by atoms with E-state index in [0.29, 0.717) is 12.2 Å². The average molecular weight is 345 g/mol. The lowest BCUT2D eigenvalue weighted by Crippen LogP contribution is -2.31. The van der Waals surface area contributed by atoms with Crippen LogP contribution < -0.4 is 10.2 Å². The molecule has 6 heteroatoms. The van der Waals surface area contributed by atoms with Crippen LogP contribution >= 0.6 is 0 Å². The zero-order valence-electron chi connectivity index (χ0n) is 14.3. The van der Waals surface area contributed by atoms with E-state index in [2.05, 4.69) is 49.7 Å². The molecule has 4 rings (SSSR count). The molecule has 130 valence electrons. The minimum atomic E-state index is -0.239. The van der Waals surface area contributed by atoms with Crippen LogP contribution in [0, 0.1) is 0 Å². The molecule has 1 aromatic carbocycles. The second-order valence-electron chi connectivity index (χ2n) is 6.26. The number of amides is 1. The molecule has 6 nitrogen and oxygen atoms in total. The van der Waals surface area contributed by atoms with Gasteiger partial charge in [-0.25, -0.2) is 0 Å². The fraction of sp³-hybridized carbons (Fsp3) is 0.200. The third kappa shape index (κ3) is 3.54. The molecule has 0 saturated carbocycles. The van der Waals surface area contributed by atoms with Gasteiger partial charge in [-0.05, 0) is 41.3 Å². The van der Waals surface area contributed by atoms with E-state index >= 15 is 0 Å². The molecule has 0 atom stereocenters. The molecule has 0 unspecified atom stereocenters. The zero-order chi connectivity index (χ0) is 17.8. The van der Waals surface area contributed by atoms with Crippen molar-refractivity contribution in [1.82, 2.24) is 20.5 Å². The molecule has 2 aromatic heterocycles. The van der Waals surface area contributed by atoms with E-state index in [1.807, 2.05) is 18.2 Å². The molecule has 0 aliphatic carbocycles. The number of benzene rings is 1. The molecule has 0 fully saturated rings. The van der Waals surface area contributed by atoms with E-state index in [9.17, 15) is 4.79 Å². The van der Waals surface area contributed by atoms with Crippen molar-refractivity contribution in [2.24, 2.45) is 0 Å². The molecule has 3 aromatic rings. The van der Waals surface area contributed by atoms with Crippen LogP contribution in [-0.2, 0) is 19.5 Å². The van der Waals surface area contributed by atoms with E-state index in [-0.39, 0.29) is 5.91 Å². The van der Waals surface area contributed by atoms with Gasteiger partial charge in [0.05, 0.1) is 0 Å². The van der Waals surface area contributed by atoms with Crippen LogP contribution in [0.25, 0.3) is 0 Å². The van der Waals surface area contributed by atoms with Crippen LogP contribution in [0.3, 0.4) is 0 Å². The Labute approximate surface area is 151 Å². The SMILES string of the molecule is O=C(NCc1cccnc1)c1ccc(N2CCc3ccccc3C2)nn1. The Morgan fingerprint density at radius 3 is 2.69 bits per heavy atom. The maximum atomic E-state index is 12.2. The van der Waals surface area contributed by atoms with Gasteiger partial charge < -0.3 is 10.2 Å². The summed E-state index contributed by atoms with van der Waals surface area (Å²) in [6.45, 7) is 2.13. The van der Waals surface area contributed by atoms with Gasteiger partial charge in [-0.1, -0.05) is 30.3 Å². The van der Waals surface area contributed by atoms with Crippen LogP contribution in [0.1, 0.15) is 27.2 Å². The molecule has 3 heterocycles. The summed E-state index contributed by atoms with van der Waals surface area (Å²) in [6, 6.07) is 15.8. The first-order chi connectivity index (χ1) is 12.8. The fourth-order valence-electron chi connectivity index (χ4n) is 3.08. The van der Waals surface area contributed by atoms with Gasteiger partial charge in [0.1, 0.15) is 0 Å². The largest absolute Gasteiger partial charge is 0.350 e. The predicted octanol–water partition coefficient (Wildman–Crippen LogP) is 2.36. The summed E-state index contributed by atoms with van der Waals surface area (Å²) < 4.78 is 0. The van der Waals surface area contributed by atoms with Crippen molar-refractivity contribution in [1.29, 1.82) is 0 Å². The van der Waals surface area contributed by atoms with Gasteiger partial charge in [-0.3, -0.25) is 9.78 Å². The highest BCUT2D eigenvalue weighted by atomic mass is 16.1. The van der Waals surface area contributed by atoms with Crippen molar-refractivity contribution >= 4 is 11.7 Å². The molecule has 1 amide bonds.